The first-order chi connectivity index (χ1) is 11.0. The lowest BCUT2D eigenvalue weighted by molar-refractivity contribution is 0.0525. The van der Waals surface area contributed by atoms with Crippen LogP contribution in [0.15, 0.2) is 30.6 Å². The number of aromatic nitrogens is 2. The number of carbonyl (C=O) groups excluding carboxylic acids is 1. The molecule has 1 fully saturated rings. The Kier molecular flexibility index (Phi) is 4.07. The molecular formula is C17H16F2N2O2. The van der Waals surface area contributed by atoms with Crippen LogP contribution in [0, 0.1) is 11.6 Å². The molecular weight excluding hydrogens is 302 g/mol. The van der Waals surface area contributed by atoms with Crippen LogP contribution in [0.2, 0.25) is 0 Å². The standard InChI is InChI=1S/C17H16F2N2O2/c1-2-23-16(22)11-9-20-15(21-10-11)8-17(5-6-17)13-4-3-12(18)7-14(13)19/h3-4,7,9-10H,2,5-6,8H2,1H3. The van der Waals surface area contributed by atoms with E-state index in [9.17, 15) is 13.6 Å². The van der Waals surface area contributed by atoms with E-state index in [1.807, 2.05) is 0 Å². The zero-order chi connectivity index (χ0) is 16.4. The SMILES string of the molecule is CCOC(=O)c1cnc(CC2(c3ccc(F)cc3F)CC2)nc1. The maximum absolute atomic E-state index is 14.0. The Morgan fingerprint density at radius 2 is 1.96 bits per heavy atom. The van der Waals surface area contributed by atoms with E-state index >= 15 is 0 Å². The van der Waals surface area contributed by atoms with E-state index in [0.29, 0.717) is 17.8 Å². The number of ether oxygens (including phenoxy) is 1. The lowest BCUT2D eigenvalue weighted by Gasteiger charge is -2.15. The second kappa shape index (κ2) is 6.02. The number of rotatable bonds is 5. The second-order valence-electron chi connectivity index (χ2n) is 5.69. The normalized spacial score (nSPS) is 15.3. The van der Waals surface area contributed by atoms with E-state index < -0.39 is 17.6 Å². The average Bonchev–Trinajstić information content (AvgIpc) is 3.28. The van der Waals surface area contributed by atoms with Crippen LogP contribution >= 0.6 is 0 Å². The largest absolute Gasteiger partial charge is 0.462 e. The third kappa shape index (κ3) is 3.21. The number of carbonyl (C=O) groups is 1. The van der Waals surface area contributed by atoms with Gasteiger partial charge in [-0.15, -0.1) is 0 Å². The van der Waals surface area contributed by atoms with Crippen molar-refractivity contribution >= 4 is 5.97 Å². The van der Waals surface area contributed by atoms with Crippen molar-refractivity contribution in [3.8, 4) is 0 Å². The molecule has 0 bridgehead atoms. The summed E-state index contributed by atoms with van der Waals surface area (Å²) in [7, 11) is 0. The zero-order valence-corrected chi connectivity index (χ0v) is 12.7. The highest BCUT2D eigenvalue weighted by molar-refractivity contribution is 5.88. The summed E-state index contributed by atoms with van der Waals surface area (Å²) in [6, 6.07) is 3.66. The number of benzene rings is 1. The lowest BCUT2D eigenvalue weighted by Crippen LogP contribution is -2.15. The molecule has 1 aliphatic rings. The monoisotopic (exact) mass is 318 g/mol. The van der Waals surface area contributed by atoms with E-state index in [1.165, 1.54) is 24.5 Å². The molecule has 1 aromatic carbocycles. The third-order valence-corrected chi connectivity index (χ3v) is 4.07. The van der Waals surface area contributed by atoms with Gasteiger partial charge < -0.3 is 4.74 Å². The van der Waals surface area contributed by atoms with Crippen molar-refractivity contribution in [1.82, 2.24) is 9.97 Å². The summed E-state index contributed by atoms with van der Waals surface area (Å²) in [6.07, 6.45) is 4.89. The highest BCUT2D eigenvalue weighted by Crippen LogP contribution is 2.51. The molecule has 4 nitrogen and oxygen atoms in total. The molecule has 3 rings (SSSR count). The van der Waals surface area contributed by atoms with Gasteiger partial charge >= 0.3 is 5.97 Å². The fourth-order valence-electron chi connectivity index (χ4n) is 2.68. The fourth-order valence-corrected chi connectivity index (χ4v) is 2.68. The van der Waals surface area contributed by atoms with Gasteiger partial charge in [0.15, 0.2) is 0 Å². The summed E-state index contributed by atoms with van der Waals surface area (Å²) in [6.45, 7) is 2.01. The first-order valence-electron chi connectivity index (χ1n) is 7.48. The molecule has 6 heteroatoms. The van der Waals surface area contributed by atoms with Crippen molar-refractivity contribution in [3.05, 3.63) is 59.2 Å². The average molecular weight is 318 g/mol. The quantitative estimate of drug-likeness (QED) is 0.794. The predicted molar refractivity (Wildman–Crippen MR) is 79.0 cm³/mol. The fraction of sp³-hybridized carbons (Fsp3) is 0.353. The zero-order valence-electron chi connectivity index (χ0n) is 12.7. The van der Waals surface area contributed by atoms with E-state index in [4.69, 9.17) is 4.74 Å². The molecule has 1 aliphatic carbocycles. The van der Waals surface area contributed by atoms with Crippen molar-refractivity contribution in [3.63, 3.8) is 0 Å². The number of hydrogen-bond donors (Lipinski definition) is 0. The molecule has 0 N–H and O–H groups in total. The van der Waals surface area contributed by atoms with Crippen molar-refractivity contribution in [2.45, 2.75) is 31.6 Å². The summed E-state index contributed by atoms with van der Waals surface area (Å²) < 4.78 is 31.9. The van der Waals surface area contributed by atoms with Gasteiger partial charge in [-0.3, -0.25) is 0 Å². The summed E-state index contributed by atoms with van der Waals surface area (Å²) in [4.78, 5) is 19.9. The van der Waals surface area contributed by atoms with Crippen molar-refractivity contribution in [2.24, 2.45) is 0 Å². The van der Waals surface area contributed by atoms with Crippen LogP contribution in [-0.4, -0.2) is 22.5 Å². The number of esters is 1. The Labute approximate surface area is 132 Å². The molecule has 0 unspecified atom stereocenters. The van der Waals surface area contributed by atoms with Crippen LogP contribution in [-0.2, 0) is 16.6 Å². The minimum Gasteiger partial charge on any atom is -0.462 e. The number of nitrogens with zero attached hydrogens (tertiary/aromatic N) is 2. The van der Waals surface area contributed by atoms with Gasteiger partial charge in [-0.1, -0.05) is 6.07 Å². The van der Waals surface area contributed by atoms with Gasteiger partial charge in [-0.2, -0.15) is 0 Å². The molecule has 1 aromatic heterocycles. The molecule has 0 saturated heterocycles. The molecule has 120 valence electrons. The Morgan fingerprint density at radius 1 is 1.26 bits per heavy atom. The summed E-state index contributed by atoms with van der Waals surface area (Å²) in [5.74, 6) is -1.06. The van der Waals surface area contributed by atoms with Crippen LogP contribution in [0.3, 0.4) is 0 Å². The Hall–Kier alpha value is -2.37. The molecule has 0 spiro atoms. The van der Waals surface area contributed by atoms with Gasteiger partial charge in [-0.25, -0.2) is 23.5 Å². The van der Waals surface area contributed by atoms with Gasteiger partial charge in [-0.05, 0) is 31.4 Å². The van der Waals surface area contributed by atoms with Crippen molar-refractivity contribution in [1.29, 1.82) is 0 Å². The summed E-state index contributed by atoms with van der Waals surface area (Å²) in [5.41, 5.74) is 0.411. The lowest BCUT2D eigenvalue weighted by atomic mass is 9.91. The van der Waals surface area contributed by atoms with E-state index in [0.717, 1.165) is 18.9 Å². The molecule has 0 amide bonds. The van der Waals surface area contributed by atoms with E-state index in [1.54, 1.807) is 6.92 Å². The number of hydrogen-bond acceptors (Lipinski definition) is 4. The second-order valence-corrected chi connectivity index (χ2v) is 5.69. The van der Waals surface area contributed by atoms with Crippen LogP contribution in [0.4, 0.5) is 8.78 Å². The highest BCUT2D eigenvalue weighted by atomic mass is 19.1. The van der Waals surface area contributed by atoms with Gasteiger partial charge in [0, 0.05) is 30.3 Å². The summed E-state index contributed by atoms with van der Waals surface area (Å²) >= 11 is 0. The highest BCUT2D eigenvalue weighted by Gasteiger charge is 2.46. The van der Waals surface area contributed by atoms with Gasteiger partial charge in [0.2, 0.25) is 0 Å². The van der Waals surface area contributed by atoms with Gasteiger partial charge in [0.05, 0.1) is 12.2 Å². The molecule has 0 aliphatic heterocycles. The molecule has 1 heterocycles. The molecule has 1 saturated carbocycles. The van der Waals surface area contributed by atoms with Crippen molar-refractivity contribution < 1.29 is 18.3 Å². The number of halogens is 2. The van der Waals surface area contributed by atoms with Crippen LogP contribution in [0.25, 0.3) is 0 Å². The van der Waals surface area contributed by atoms with Crippen LogP contribution < -0.4 is 0 Å². The van der Waals surface area contributed by atoms with Crippen LogP contribution in [0.1, 0.15) is 41.5 Å². The molecule has 0 atom stereocenters. The minimum absolute atomic E-state index is 0.285. The van der Waals surface area contributed by atoms with Crippen LogP contribution in [0.5, 0.6) is 0 Å². The maximum Gasteiger partial charge on any atom is 0.341 e. The summed E-state index contributed by atoms with van der Waals surface area (Å²) in [5, 5.41) is 0. The first kappa shape index (κ1) is 15.5. The van der Waals surface area contributed by atoms with Gasteiger partial charge in [0.1, 0.15) is 17.5 Å². The van der Waals surface area contributed by atoms with Gasteiger partial charge in [0.25, 0.3) is 0 Å². The van der Waals surface area contributed by atoms with Crippen molar-refractivity contribution in [2.75, 3.05) is 6.61 Å². The predicted octanol–water partition coefficient (Wildman–Crippen LogP) is 3.21. The smallest absolute Gasteiger partial charge is 0.341 e. The van der Waals surface area contributed by atoms with E-state index in [2.05, 4.69) is 9.97 Å². The minimum atomic E-state index is -0.586. The molecule has 23 heavy (non-hydrogen) atoms. The maximum atomic E-state index is 14.0. The Bertz CT molecular complexity index is 728. The molecule has 2 aromatic rings. The first-order valence-corrected chi connectivity index (χ1v) is 7.48. The Balaban J connectivity index is 1.77. The topological polar surface area (TPSA) is 52.1 Å². The van der Waals surface area contributed by atoms with E-state index in [-0.39, 0.29) is 17.6 Å². The third-order valence-electron chi connectivity index (χ3n) is 4.07. The molecule has 0 radical (unpaired) electrons. The Morgan fingerprint density at radius 3 is 2.52 bits per heavy atom.